The summed E-state index contributed by atoms with van der Waals surface area (Å²) in [6.45, 7) is 6.59. The minimum Gasteiger partial charge on any atom is -0.347 e. The SMILES string of the molecule is CCCn1cnnc1[C@@H](C)NC(=O)c1cnc(N(C)C)nc1C. The van der Waals surface area contributed by atoms with E-state index in [1.54, 1.807) is 24.3 Å². The molecule has 8 heteroatoms. The lowest BCUT2D eigenvalue weighted by Gasteiger charge is -2.16. The quantitative estimate of drug-likeness (QED) is 0.865. The molecule has 0 spiro atoms. The molecule has 0 aliphatic carbocycles. The highest BCUT2D eigenvalue weighted by Crippen LogP contribution is 2.13. The summed E-state index contributed by atoms with van der Waals surface area (Å²) in [6.07, 6.45) is 4.21. The summed E-state index contributed by atoms with van der Waals surface area (Å²) in [4.78, 5) is 22.8. The summed E-state index contributed by atoms with van der Waals surface area (Å²) in [6, 6.07) is -0.246. The van der Waals surface area contributed by atoms with Gasteiger partial charge in [-0.25, -0.2) is 9.97 Å². The summed E-state index contributed by atoms with van der Waals surface area (Å²) in [5.74, 6) is 1.10. The van der Waals surface area contributed by atoms with Gasteiger partial charge in [-0.1, -0.05) is 6.92 Å². The number of hydrogen-bond acceptors (Lipinski definition) is 6. The van der Waals surface area contributed by atoms with Crippen molar-refractivity contribution in [3.05, 3.63) is 29.6 Å². The number of hydrogen-bond donors (Lipinski definition) is 1. The Kier molecular flexibility index (Phi) is 5.25. The van der Waals surface area contributed by atoms with Gasteiger partial charge in [-0.2, -0.15) is 0 Å². The van der Waals surface area contributed by atoms with E-state index in [4.69, 9.17) is 0 Å². The molecule has 2 rings (SSSR count). The summed E-state index contributed by atoms with van der Waals surface area (Å²) in [5, 5.41) is 11.0. The van der Waals surface area contributed by atoms with Crippen molar-refractivity contribution >= 4 is 11.9 Å². The monoisotopic (exact) mass is 317 g/mol. The minimum absolute atomic E-state index is 0.216. The summed E-state index contributed by atoms with van der Waals surface area (Å²) < 4.78 is 1.95. The highest BCUT2D eigenvalue weighted by atomic mass is 16.1. The van der Waals surface area contributed by atoms with E-state index in [2.05, 4.69) is 32.4 Å². The van der Waals surface area contributed by atoms with Crippen LogP contribution < -0.4 is 10.2 Å². The number of carbonyl (C=O) groups is 1. The first-order valence-electron chi connectivity index (χ1n) is 7.63. The van der Waals surface area contributed by atoms with Crippen LogP contribution in [-0.2, 0) is 6.54 Å². The molecule has 1 N–H and O–H groups in total. The van der Waals surface area contributed by atoms with E-state index in [9.17, 15) is 4.79 Å². The third kappa shape index (κ3) is 3.82. The highest BCUT2D eigenvalue weighted by Gasteiger charge is 2.18. The van der Waals surface area contributed by atoms with Crippen molar-refractivity contribution in [1.82, 2.24) is 30.0 Å². The number of carbonyl (C=O) groups excluding carboxylic acids is 1. The van der Waals surface area contributed by atoms with Crippen LogP contribution in [0.3, 0.4) is 0 Å². The lowest BCUT2D eigenvalue weighted by Crippen LogP contribution is -2.30. The van der Waals surface area contributed by atoms with Crippen LogP contribution in [-0.4, -0.2) is 44.7 Å². The lowest BCUT2D eigenvalue weighted by atomic mass is 10.2. The van der Waals surface area contributed by atoms with Gasteiger partial charge in [0.15, 0.2) is 5.82 Å². The molecule has 0 saturated carbocycles. The molecule has 2 heterocycles. The maximum atomic E-state index is 12.5. The van der Waals surface area contributed by atoms with Crippen molar-refractivity contribution in [2.45, 2.75) is 39.8 Å². The van der Waals surface area contributed by atoms with Gasteiger partial charge < -0.3 is 14.8 Å². The topological polar surface area (TPSA) is 88.8 Å². The van der Waals surface area contributed by atoms with Gasteiger partial charge >= 0.3 is 0 Å². The Morgan fingerprint density at radius 3 is 2.78 bits per heavy atom. The molecule has 1 amide bonds. The molecule has 0 saturated heterocycles. The second-order valence-electron chi connectivity index (χ2n) is 5.64. The van der Waals surface area contributed by atoms with Gasteiger partial charge in [0.2, 0.25) is 5.95 Å². The Bertz CT molecular complexity index is 680. The van der Waals surface area contributed by atoms with Crippen LogP contribution >= 0.6 is 0 Å². The van der Waals surface area contributed by atoms with E-state index in [1.165, 1.54) is 0 Å². The normalized spacial score (nSPS) is 12.0. The van der Waals surface area contributed by atoms with Crippen LogP contribution in [0.5, 0.6) is 0 Å². The molecule has 0 fully saturated rings. The van der Waals surface area contributed by atoms with Crippen molar-refractivity contribution in [2.75, 3.05) is 19.0 Å². The van der Waals surface area contributed by atoms with E-state index in [0.717, 1.165) is 18.8 Å². The molecule has 1 atom stereocenters. The molecular weight excluding hydrogens is 294 g/mol. The molecule has 8 nitrogen and oxygen atoms in total. The number of rotatable bonds is 6. The van der Waals surface area contributed by atoms with Crippen LogP contribution in [0.15, 0.2) is 12.5 Å². The average molecular weight is 317 g/mol. The maximum absolute atomic E-state index is 12.5. The predicted octanol–water partition coefficient (Wildman–Crippen LogP) is 1.34. The van der Waals surface area contributed by atoms with E-state index < -0.39 is 0 Å². The second-order valence-corrected chi connectivity index (χ2v) is 5.64. The first-order chi connectivity index (χ1) is 10.9. The van der Waals surface area contributed by atoms with Gasteiger partial charge in [0.05, 0.1) is 17.3 Å². The van der Waals surface area contributed by atoms with Crippen molar-refractivity contribution in [2.24, 2.45) is 0 Å². The molecule has 0 radical (unpaired) electrons. The van der Waals surface area contributed by atoms with Crippen molar-refractivity contribution < 1.29 is 4.79 Å². The van der Waals surface area contributed by atoms with Crippen LogP contribution in [0.2, 0.25) is 0 Å². The van der Waals surface area contributed by atoms with E-state index >= 15 is 0 Å². The summed E-state index contributed by atoms with van der Waals surface area (Å²) in [5.41, 5.74) is 1.10. The Morgan fingerprint density at radius 1 is 1.43 bits per heavy atom. The number of amides is 1. The third-order valence-corrected chi connectivity index (χ3v) is 3.46. The molecule has 0 aliphatic rings. The van der Waals surface area contributed by atoms with Gasteiger partial charge in [-0.05, 0) is 20.3 Å². The number of nitrogens with one attached hydrogen (secondary N) is 1. The fraction of sp³-hybridized carbons (Fsp3) is 0.533. The van der Waals surface area contributed by atoms with Crippen LogP contribution in [0.1, 0.15) is 48.2 Å². The Morgan fingerprint density at radius 2 is 2.17 bits per heavy atom. The predicted molar refractivity (Wildman–Crippen MR) is 87.3 cm³/mol. The third-order valence-electron chi connectivity index (χ3n) is 3.46. The first kappa shape index (κ1) is 16.9. The van der Waals surface area contributed by atoms with Gasteiger partial charge in [0.25, 0.3) is 5.91 Å². The van der Waals surface area contributed by atoms with Crippen LogP contribution in [0.4, 0.5) is 5.95 Å². The molecular formula is C15H23N7O. The zero-order valence-corrected chi connectivity index (χ0v) is 14.2. The minimum atomic E-state index is -0.246. The second kappa shape index (κ2) is 7.17. The first-order valence-corrected chi connectivity index (χ1v) is 7.63. The smallest absolute Gasteiger partial charge is 0.255 e. The fourth-order valence-electron chi connectivity index (χ4n) is 2.24. The zero-order valence-electron chi connectivity index (χ0n) is 14.2. The molecule has 23 heavy (non-hydrogen) atoms. The number of aromatic nitrogens is 5. The van der Waals surface area contributed by atoms with E-state index in [-0.39, 0.29) is 11.9 Å². The standard InChI is InChI=1S/C15H23N7O/c1-6-7-22-9-17-20-13(22)11(3)18-14(23)12-8-16-15(21(4)5)19-10(12)2/h8-9,11H,6-7H2,1-5H3,(H,18,23)/t11-/m1/s1. The van der Waals surface area contributed by atoms with E-state index in [0.29, 0.717) is 17.2 Å². The Labute approximate surface area is 136 Å². The maximum Gasteiger partial charge on any atom is 0.255 e. The zero-order chi connectivity index (χ0) is 17.0. The van der Waals surface area contributed by atoms with Crippen LogP contribution in [0.25, 0.3) is 0 Å². The Hall–Kier alpha value is -2.51. The van der Waals surface area contributed by atoms with Gasteiger partial charge in [0.1, 0.15) is 6.33 Å². The number of anilines is 1. The Balaban J connectivity index is 2.13. The summed E-state index contributed by atoms with van der Waals surface area (Å²) >= 11 is 0. The molecule has 124 valence electrons. The summed E-state index contributed by atoms with van der Waals surface area (Å²) in [7, 11) is 3.72. The van der Waals surface area contributed by atoms with Crippen molar-refractivity contribution in [1.29, 1.82) is 0 Å². The van der Waals surface area contributed by atoms with Gasteiger partial charge in [-0.3, -0.25) is 4.79 Å². The van der Waals surface area contributed by atoms with Crippen LogP contribution in [0, 0.1) is 6.92 Å². The average Bonchev–Trinajstić information content (AvgIpc) is 2.95. The highest BCUT2D eigenvalue weighted by molar-refractivity contribution is 5.95. The molecule has 0 aromatic carbocycles. The molecule has 0 unspecified atom stereocenters. The molecule has 2 aromatic heterocycles. The van der Waals surface area contributed by atoms with Gasteiger partial charge in [0, 0.05) is 26.8 Å². The van der Waals surface area contributed by atoms with Crippen molar-refractivity contribution in [3.63, 3.8) is 0 Å². The fourth-order valence-corrected chi connectivity index (χ4v) is 2.24. The van der Waals surface area contributed by atoms with Gasteiger partial charge in [-0.15, -0.1) is 10.2 Å². The van der Waals surface area contributed by atoms with E-state index in [1.807, 2.05) is 25.6 Å². The molecule has 2 aromatic rings. The molecule has 0 bridgehead atoms. The number of aryl methyl sites for hydroxylation is 2. The number of nitrogens with zero attached hydrogens (tertiary/aromatic N) is 6. The van der Waals surface area contributed by atoms with Crippen molar-refractivity contribution in [3.8, 4) is 0 Å². The largest absolute Gasteiger partial charge is 0.347 e. The lowest BCUT2D eigenvalue weighted by molar-refractivity contribution is 0.0936. The molecule has 0 aliphatic heterocycles.